The largest absolute Gasteiger partial charge is 0.465 e. The van der Waals surface area contributed by atoms with Gasteiger partial charge in [0.1, 0.15) is 5.92 Å². The number of carbonyl (C=O) groups excluding carboxylic acids is 1. The number of anilines is 1. The van der Waals surface area contributed by atoms with E-state index in [-0.39, 0.29) is 11.9 Å². The van der Waals surface area contributed by atoms with Crippen LogP contribution in [0.1, 0.15) is 24.0 Å². The van der Waals surface area contributed by atoms with E-state index in [4.69, 9.17) is 4.74 Å². The van der Waals surface area contributed by atoms with Gasteiger partial charge in [-0.1, -0.05) is 18.2 Å². The molecule has 0 spiro atoms. The lowest BCUT2D eigenvalue weighted by Gasteiger charge is -2.08. The highest BCUT2D eigenvalue weighted by molar-refractivity contribution is 5.84. The summed E-state index contributed by atoms with van der Waals surface area (Å²) in [5, 5.41) is 3.26. The first kappa shape index (κ1) is 10.0. The Labute approximate surface area is 89.4 Å². The van der Waals surface area contributed by atoms with Crippen molar-refractivity contribution in [2.75, 3.05) is 18.5 Å². The smallest absolute Gasteiger partial charge is 0.315 e. The zero-order chi connectivity index (χ0) is 10.8. The van der Waals surface area contributed by atoms with Crippen LogP contribution in [-0.2, 0) is 9.53 Å². The Bertz CT molecular complexity index is 387. The molecule has 1 heterocycles. The molecular formula is C12H15NO2. The molecule has 1 aliphatic heterocycles. The lowest BCUT2D eigenvalue weighted by molar-refractivity contribution is -0.144. The summed E-state index contributed by atoms with van der Waals surface area (Å²) >= 11 is 0. The van der Waals surface area contributed by atoms with Crippen molar-refractivity contribution >= 4 is 11.7 Å². The van der Waals surface area contributed by atoms with Crippen molar-refractivity contribution in [3.63, 3.8) is 0 Å². The van der Waals surface area contributed by atoms with Gasteiger partial charge in [0.2, 0.25) is 0 Å². The number of benzene rings is 1. The van der Waals surface area contributed by atoms with Crippen LogP contribution in [0.2, 0.25) is 0 Å². The molecule has 0 fully saturated rings. The lowest BCUT2D eigenvalue weighted by atomic mass is 10.00. The van der Waals surface area contributed by atoms with E-state index >= 15 is 0 Å². The Balaban J connectivity index is 2.29. The summed E-state index contributed by atoms with van der Waals surface area (Å²) in [7, 11) is 0. The summed E-state index contributed by atoms with van der Waals surface area (Å²) in [6.45, 7) is 4.96. The maximum atomic E-state index is 11.7. The second-order valence-electron chi connectivity index (χ2n) is 3.72. The van der Waals surface area contributed by atoms with Crippen LogP contribution in [0.4, 0.5) is 5.69 Å². The Hall–Kier alpha value is -1.51. The second kappa shape index (κ2) is 3.93. The van der Waals surface area contributed by atoms with E-state index in [1.807, 2.05) is 32.0 Å². The minimum Gasteiger partial charge on any atom is -0.465 e. The SMILES string of the molecule is CCOC(=O)C1CNc2c(C)cccc21. The van der Waals surface area contributed by atoms with Gasteiger partial charge in [0.05, 0.1) is 6.61 Å². The van der Waals surface area contributed by atoms with Gasteiger partial charge in [-0.15, -0.1) is 0 Å². The van der Waals surface area contributed by atoms with E-state index in [2.05, 4.69) is 5.32 Å². The lowest BCUT2D eigenvalue weighted by Crippen LogP contribution is -2.17. The summed E-state index contributed by atoms with van der Waals surface area (Å²) in [5.41, 5.74) is 3.34. The molecule has 0 saturated heterocycles. The highest BCUT2D eigenvalue weighted by Crippen LogP contribution is 2.34. The zero-order valence-corrected chi connectivity index (χ0v) is 9.04. The quantitative estimate of drug-likeness (QED) is 0.751. The van der Waals surface area contributed by atoms with Crippen molar-refractivity contribution in [1.82, 2.24) is 0 Å². The molecule has 0 aliphatic carbocycles. The van der Waals surface area contributed by atoms with Gasteiger partial charge in [0, 0.05) is 12.2 Å². The number of fused-ring (bicyclic) bond motifs is 1. The number of carbonyl (C=O) groups is 1. The normalized spacial score (nSPS) is 18.1. The first-order valence-electron chi connectivity index (χ1n) is 5.24. The zero-order valence-electron chi connectivity index (χ0n) is 9.04. The van der Waals surface area contributed by atoms with Gasteiger partial charge in [-0.25, -0.2) is 0 Å². The fourth-order valence-corrected chi connectivity index (χ4v) is 1.99. The minimum absolute atomic E-state index is 0.130. The first-order chi connectivity index (χ1) is 7.24. The van der Waals surface area contributed by atoms with Gasteiger partial charge >= 0.3 is 5.97 Å². The maximum absolute atomic E-state index is 11.7. The third-order valence-corrected chi connectivity index (χ3v) is 2.73. The number of hydrogen-bond donors (Lipinski definition) is 1. The Morgan fingerprint density at radius 3 is 3.13 bits per heavy atom. The van der Waals surface area contributed by atoms with Gasteiger partial charge in [0.25, 0.3) is 0 Å². The number of para-hydroxylation sites is 1. The Kier molecular flexibility index (Phi) is 2.62. The van der Waals surface area contributed by atoms with E-state index in [0.29, 0.717) is 13.2 Å². The summed E-state index contributed by atoms with van der Waals surface area (Å²) in [6, 6.07) is 6.01. The topological polar surface area (TPSA) is 38.3 Å². The molecule has 0 saturated carbocycles. The molecule has 3 nitrogen and oxygen atoms in total. The maximum Gasteiger partial charge on any atom is 0.315 e. The van der Waals surface area contributed by atoms with Crippen LogP contribution in [0.25, 0.3) is 0 Å². The summed E-state index contributed by atoms with van der Waals surface area (Å²) < 4.78 is 5.04. The van der Waals surface area contributed by atoms with Gasteiger partial charge in [-0.3, -0.25) is 4.79 Å². The molecule has 0 bridgehead atoms. The molecule has 2 rings (SSSR count). The highest BCUT2D eigenvalue weighted by atomic mass is 16.5. The monoisotopic (exact) mass is 205 g/mol. The number of rotatable bonds is 2. The molecule has 15 heavy (non-hydrogen) atoms. The molecule has 0 amide bonds. The van der Waals surface area contributed by atoms with E-state index in [9.17, 15) is 4.79 Å². The van der Waals surface area contributed by atoms with Gasteiger partial charge < -0.3 is 10.1 Å². The predicted molar refractivity (Wildman–Crippen MR) is 59.0 cm³/mol. The van der Waals surface area contributed by atoms with Crippen molar-refractivity contribution < 1.29 is 9.53 Å². The number of hydrogen-bond acceptors (Lipinski definition) is 3. The summed E-state index contributed by atoms with van der Waals surface area (Å²) in [4.78, 5) is 11.7. The van der Waals surface area contributed by atoms with Crippen molar-refractivity contribution in [2.45, 2.75) is 19.8 Å². The summed E-state index contributed by atoms with van der Waals surface area (Å²) in [5.74, 6) is -0.269. The average Bonchev–Trinajstić information content (AvgIpc) is 2.63. The number of ether oxygens (including phenoxy) is 1. The third-order valence-electron chi connectivity index (χ3n) is 2.73. The molecular weight excluding hydrogens is 190 g/mol. The minimum atomic E-state index is -0.139. The standard InChI is InChI=1S/C12H15NO2/c1-3-15-12(14)10-7-13-11-8(2)5-4-6-9(10)11/h4-6,10,13H,3,7H2,1-2H3. The van der Waals surface area contributed by atoms with Crippen LogP contribution in [-0.4, -0.2) is 19.1 Å². The Morgan fingerprint density at radius 2 is 2.40 bits per heavy atom. The van der Waals surface area contributed by atoms with Crippen LogP contribution < -0.4 is 5.32 Å². The predicted octanol–water partition coefficient (Wildman–Crippen LogP) is 2.07. The molecule has 0 radical (unpaired) electrons. The second-order valence-corrected chi connectivity index (χ2v) is 3.72. The fourth-order valence-electron chi connectivity index (χ4n) is 1.99. The van der Waals surface area contributed by atoms with Crippen molar-refractivity contribution in [1.29, 1.82) is 0 Å². The van der Waals surface area contributed by atoms with Crippen molar-refractivity contribution in [2.24, 2.45) is 0 Å². The van der Waals surface area contributed by atoms with Crippen LogP contribution in [0.3, 0.4) is 0 Å². The highest BCUT2D eigenvalue weighted by Gasteiger charge is 2.30. The van der Waals surface area contributed by atoms with Crippen LogP contribution in [0, 0.1) is 6.92 Å². The van der Waals surface area contributed by atoms with Crippen LogP contribution in [0.15, 0.2) is 18.2 Å². The van der Waals surface area contributed by atoms with E-state index in [1.54, 1.807) is 0 Å². The van der Waals surface area contributed by atoms with Crippen LogP contribution in [0.5, 0.6) is 0 Å². The van der Waals surface area contributed by atoms with Crippen LogP contribution >= 0.6 is 0 Å². The molecule has 0 aromatic heterocycles. The fraction of sp³-hybridized carbons (Fsp3) is 0.417. The molecule has 1 aromatic carbocycles. The molecule has 1 aromatic rings. The number of esters is 1. The molecule has 1 aliphatic rings. The third kappa shape index (κ3) is 1.69. The molecule has 1 atom stereocenters. The molecule has 1 N–H and O–H groups in total. The van der Waals surface area contributed by atoms with E-state index in [1.165, 1.54) is 5.56 Å². The summed E-state index contributed by atoms with van der Waals surface area (Å²) in [6.07, 6.45) is 0. The van der Waals surface area contributed by atoms with E-state index in [0.717, 1.165) is 11.3 Å². The van der Waals surface area contributed by atoms with Gasteiger partial charge in [-0.05, 0) is 25.0 Å². The molecule has 3 heteroatoms. The van der Waals surface area contributed by atoms with Crippen molar-refractivity contribution in [3.05, 3.63) is 29.3 Å². The average molecular weight is 205 g/mol. The first-order valence-corrected chi connectivity index (χ1v) is 5.24. The van der Waals surface area contributed by atoms with Gasteiger partial charge in [0.15, 0.2) is 0 Å². The van der Waals surface area contributed by atoms with Crippen molar-refractivity contribution in [3.8, 4) is 0 Å². The van der Waals surface area contributed by atoms with E-state index < -0.39 is 0 Å². The molecule has 80 valence electrons. The number of aryl methyl sites for hydroxylation is 1. The number of nitrogens with one attached hydrogen (secondary N) is 1. The molecule has 1 unspecified atom stereocenters. The Morgan fingerprint density at radius 1 is 1.60 bits per heavy atom. The van der Waals surface area contributed by atoms with Gasteiger partial charge in [-0.2, -0.15) is 0 Å².